The number of nitrogens with zero attached hydrogens (tertiary/aromatic N) is 5. The van der Waals surface area contributed by atoms with Crippen LogP contribution in [0, 0.1) is 5.92 Å². The summed E-state index contributed by atoms with van der Waals surface area (Å²) in [4.78, 5) is 41.4. The molecule has 37 heavy (non-hydrogen) atoms. The Balaban J connectivity index is 1.50. The van der Waals surface area contributed by atoms with Crippen LogP contribution >= 0.6 is 0 Å². The highest BCUT2D eigenvalue weighted by molar-refractivity contribution is 6.71. The van der Waals surface area contributed by atoms with Gasteiger partial charge in [0.15, 0.2) is 13.9 Å². The largest absolute Gasteiger partial charge is 0.432 e. The van der Waals surface area contributed by atoms with Crippen molar-refractivity contribution in [3.8, 4) is 0 Å². The molecular formula is C26H37N5O5Si. The number of aromatic nitrogens is 3. The van der Waals surface area contributed by atoms with Crippen LogP contribution in [0.5, 0.6) is 0 Å². The molecule has 0 saturated carbocycles. The van der Waals surface area contributed by atoms with E-state index in [1.54, 1.807) is 16.6 Å². The maximum Gasteiger partial charge on any atom is 0.264 e. The van der Waals surface area contributed by atoms with Crippen LogP contribution in [0.3, 0.4) is 0 Å². The lowest BCUT2D eigenvalue weighted by molar-refractivity contribution is -0.145. The number of hydrogen-bond donors (Lipinski definition) is 2. The number of aliphatic hydroxyl groups is 1. The molecule has 0 bridgehead atoms. The van der Waals surface area contributed by atoms with Crippen molar-refractivity contribution in [1.82, 2.24) is 15.0 Å². The third-order valence-electron chi connectivity index (χ3n) is 8.33. The van der Waals surface area contributed by atoms with Gasteiger partial charge in [-0.15, -0.1) is 5.10 Å². The maximum absolute atomic E-state index is 13.9. The number of benzene rings is 1. The molecule has 5 rings (SSSR count). The standard InChI is InChI=1S/C26H37N5O5Si/c1-17-24(37(3,4)35)22(10-13-30-16-18(11-14-32)27-28-30)36-26(17)20-15-19(31-12-6-5-7-23(31)33)8-9-21(20)29(2)25(26)34/h8-9,15-17,22,24,32,35H,5-7,10-14H2,1-4H3/t17-,22+,24-,26+/m1/s1. The zero-order chi connectivity index (χ0) is 26.5. The first-order chi connectivity index (χ1) is 17.6. The topological polar surface area (TPSA) is 121 Å². The van der Waals surface area contributed by atoms with Gasteiger partial charge in [-0.25, -0.2) is 0 Å². The summed E-state index contributed by atoms with van der Waals surface area (Å²) in [6, 6.07) is 5.79. The average molecular weight is 528 g/mol. The molecule has 2 N–H and O–H groups in total. The lowest BCUT2D eigenvalue weighted by Crippen LogP contribution is -2.45. The number of hydrogen-bond acceptors (Lipinski definition) is 7. The number of carbonyl (C=O) groups excluding carboxylic acids is 2. The van der Waals surface area contributed by atoms with Crippen LogP contribution in [0.4, 0.5) is 11.4 Å². The first-order valence-corrected chi connectivity index (χ1v) is 16.2. The number of carbonyl (C=O) groups is 2. The summed E-state index contributed by atoms with van der Waals surface area (Å²) >= 11 is 0. The predicted molar refractivity (Wildman–Crippen MR) is 141 cm³/mol. The van der Waals surface area contributed by atoms with Gasteiger partial charge in [0.05, 0.1) is 17.5 Å². The third-order valence-corrected chi connectivity index (χ3v) is 10.8. The zero-order valence-corrected chi connectivity index (χ0v) is 23.1. The summed E-state index contributed by atoms with van der Waals surface area (Å²) in [6.07, 6.45) is 4.85. The van der Waals surface area contributed by atoms with Crippen LogP contribution in [-0.2, 0) is 32.9 Å². The van der Waals surface area contributed by atoms with E-state index >= 15 is 0 Å². The Morgan fingerprint density at radius 3 is 2.73 bits per heavy atom. The number of aliphatic hydroxyl groups excluding tert-OH is 1. The quantitative estimate of drug-likeness (QED) is 0.530. The van der Waals surface area contributed by atoms with Crippen molar-refractivity contribution >= 4 is 31.5 Å². The van der Waals surface area contributed by atoms with Gasteiger partial charge in [-0.3, -0.25) is 14.3 Å². The number of aryl methyl sites for hydroxylation is 1. The number of likely N-dealkylation sites (N-methyl/N-ethyl adjacent to an activating group) is 1. The molecule has 0 aliphatic carbocycles. The number of fused-ring (bicyclic) bond motifs is 2. The Kier molecular flexibility index (Phi) is 6.76. The Hall–Kier alpha value is -2.60. The minimum Gasteiger partial charge on any atom is -0.432 e. The summed E-state index contributed by atoms with van der Waals surface area (Å²) in [7, 11) is -0.994. The summed E-state index contributed by atoms with van der Waals surface area (Å²) in [5.41, 5.74) is 1.67. The van der Waals surface area contributed by atoms with E-state index in [-0.39, 0.29) is 36.0 Å². The zero-order valence-electron chi connectivity index (χ0n) is 22.1. The van der Waals surface area contributed by atoms with Gasteiger partial charge >= 0.3 is 0 Å². The normalized spacial score (nSPS) is 28.0. The molecule has 1 aromatic heterocycles. The molecule has 4 atom stereocenters. The second-order valence-corrected chi connectivity index (χ2v) is 15.1. The van der Waals surface area contributed by atoms with Crippen LogP contribution in [0.1, 0.15) is 43.9 Å². The van der Waals surface area contributed by atoms with Crippen LogP contribution in [-0.4, -0.2) is 71.3 Å². The highest BCUT2D eigenvalue weighted by Gasteiger charge is 2.65. The van der Waals surface area contributed by atoms with Crippen molar-refractivity contribution < 1.29 is 24.2 Å². The molecule has 2 amide bonds. The molecule has 4 heterocycles. The molecular weight excluding hydrogens is 490 g/mol. The van der Waals surface area contributed by atoms with Crippen LogP contribution < -0.4 is 9.80 Å². The summed E-state index contributed by atoms with van der Waals surface area (Å²) in [5.74, 6) is -0.284. The number of piperidine rings is 1. The van der Waals surface area contributed by atoms with Gasteiger partial charge < -0.3 is 24.4 Å². The fourth-order valence-electron chi connectivity index (χ4n) is 6.62. The van der Waals surface area contributed by atoms with Gasteiger partial charge in [0.2, 0.25) is 5.91 Å². The SMILES string of the molecule is C[C@@H]1[C@@H]([Si](C)(C)O)[C@H](CCn2cc(CCO)nn2)O[C@@]12C(=O)N(C)c1ccc(N3CCCCC3=O)cc12. The highest BCUT2D eigenvalue weighted by atomic mass is 28.4. The van der Waals surface area contributed by atoms with Crippen LogP contribution in [0.15, 0.2) is 24.4 Å². The minimum atomic E-state index is -2.76. The van der Waals surface area contributed by atoms with E-state index in [9.17, 15) is 14.4 Å². The van der Waals surface area contributed by atoms with E-state index < -0.39 is 13.9 Å². The van der Waals surface area contributed by atoms with Crippen LogP contribution in [0.25, 0.3) is 0 Å². The molecule has 2 saturated heterocycles. The molecule has 1 spiro atoms. The number of rotatable bonds is 7. The van der Waals surface area contributed by atoms with Crippen molar-refractivity contribution in [2.45, 2.75) is 75.9 Å². The van der Waals surface area contributed by atoms with E-state index in [2.05, 4.69) is 10.3 Å². The van der Waals surface area contributed by atoms with E-state index in [4.69, 9.17) is 9.84 Å². The lowest BCUT2D eigenvalue weighted by atomic mass is 9.82. The predicted octanol–water partition coefficient (Wildman–Crippen LogP) is 2.19. The molecule has 10 nitrogen and oxygen atoms in total. The summed E-state index contributed by atoms with van der Waals surface area (Å²) in [5, 5.41) is 17.4. The van der Waals surface area contributed by atoms with Gasteiger partial charge in [0.25, 0.3) is 5.91 Å². The first-order valence-electron chi connectivity index (χ1n) is 13.2. The Labute approximate surface area is 218 Å². The van der Waals surface area contributed by atoms with Gasteiger partial charge in [0, 0.05) is 68.5 Å². The van der Waals surface area contributed by atoms with E-state index in [0.717, 1.165) is 35.5 Å². The maximum atomic E-state index is 13.9. The Morgan fingerprint density at radius 2 is 2.03 bits per heavy atom. The molecule has 1 aromatic carbocycles. The molecule has 3 aliphatic heterocycles. The smallest absolute Gasteiger partial charge is 0.264 e. The minimum absolute atomic E-state index is 0.0108. The fraction of sp³-hybridized carbons (Fsp3) is 0.615. The Bertz CT molecular complexity index is 1200. The molecule has 2 aromatic rings. The number of anilines is 2. The van der Waals surface area contributed by atoms with E-state index in [1.807, 2.05) is 49.3 Å². The van der Waals surface area contributed by atoms with Crippen molar-refractivity contribution in [3.05, 3.63) is 35.7 Å². The van der Waals surface area contributed by atoms with E-state index in [0.29, 0.717) is 32.4 Å². The number of amides is 2. The molecule has 200 valence electrons. The summed E-state index contributed by atoms with van der Waals surface area (Å²) < 4.78 is 8.52. The van der Waals surface area contributed by atoms with Crippen molar-refractivity contribution in [2.24, 2.45) is 5.92 Å². The average Bonchev–Trinajstić information content (AvgIpc) is 3.49. The van der Waals surface area contributed by atoms with Gasteiger partial charge in [-0.05, 0) is 50.6 Å². The van der Waals surface area contributed by atoms with Gasteiger partial charge in [0.1, 0.15) is 0 Å². The second kappa shape index (κ2) is 9.61. The van der Waals surface area contributed by atoms with Gasteiger partial charge in [-0.1, -0.05) is 12.1 Å². The number of ether oxygens (including phenoxy) is 1. The molecule has 11 heteroatoms. The molecule has 0 unspecified atom stereocenters. The molecule has 3 aliphatic rings. The van der Waals surface area contributed by atoms with E-state index in [1.165, 1.54) is 0 Å². The van der Waals surface area contributed by atoms with Crippen molar-refractivity contribution in [1.29, 1.82) is 0 Å². The fourth-order valence-corrected chi connectivity index (χ4v) is 9.23. The van der Waals surface area contributed by atoms with Crippen LogP contribution in [0.2, 0.25) is 18.6 Å². The third kappa shape index (κ3) is 4.31. The molecule has 0 radical (unpaired) electrons. The van der Waals surface area contributed by atoms with Crippen molar-refractivity contribution in [2.75, 3.05) is 30.0 Å². The lowest BCUT2D eigenvalue weighted by Gasteiger charge is -2.33. The van der Waals surface area contributed by atoms with Gasteiger partial charge in [-0.2, -0.15) is 0 Å². The summed E-state index contributed by atoms with van der Waals surface area (Å²) in [6.45, 7) is 7.03. The monoisotopic (exact) mass is 527 g/mol. The highest BCUT2D eigenvalue weighted by Crippen LogP contribution is 2.59. The Morgan fingerprint density at radius 1 is 1.24 bits per heavy atom. The second-order valence-electron chi connectivity index (χ2n) is 11.2. The van der Waals surface area contributed by atoms with Crippen molar-refractivity contribution in [3.63, 3.8) is 0 Å². The molecule has 2 fully saturated rings. The first kappa shape index (κ1) is 26.0.